The van der Waals surface area contributed by atoms with E-state index in [0.717, 1.165) is 11.5 Å². The normalized spacial score (nSPS) is 10.3. The zero-order valence-corrected chi connectivity index (χ0v) is 12.1. The van der Waals surface area contributed by atoms with Crippen molar-refractivity contribution in [1.82, 2.24) is 0 Å². The summed E-state index contributed by atoms with van der Waals surface area (Å²) in [6.45, 7) is 5.80. The van der Waals surface area contributed by atoms with Crippen molar-refractivity contribution in [3.63, 3.8) is 0 Å². The molecule has 3 nitrogen and oxygen atoms in total. The molecule has 0 fully saturated rings. The maximum atomic E-state index is 5.86. The van der Waals surface area contributed by atoms with Crippen LogP contribution in [0.4, 0.5) is 0 Å². The third-order valence-electron chi connectivity index (χ3n) is 3.22. The van der Waals surface area contributed by atoms with Crippen LogP contribution in [0.2, 0.25) is 0 Å². The Morgan fingerprint density at radius 1 is 0.900 bits per heavy atom. The average Bonchev–Trinajstić information content (AvgIpc) is 2.45. The highest BCUT2D eigenvalue weighted by molar-refractivity contribution is 5.35. The smallest absolute Gasteiger partial charge is 0.123 e. The molecule has 2 rings (SSSR count). The van der Waals surface area contributed by atoms with E-state index in [-0.39, 0.29) is 0 Å². The maximum absolute atomic E-state index is 5.86. The number of nitrogens with two attached hydrogens (primary N) is 1. The van der Waals surface area contributed by atoms with Crippen molar-refractivity contribution in [2.24, 2.45) is 5.73 Å². The van der Waals surface area contributed by atoms with E-state index in [4.69, 9.17) is 15.2 Å². The van der Waals surface area contributed by atoms with Gasteiger partial charge in [0.15, 0.2) is 0 Å². The van der Waals surface area contributed by atoms with E-state index in [2.05, 4.69) is 32.0 Å². The third kappa shape index (κ3) is 3.75. The third-order valence-corrected chi connectivity index (χ3v) is 3.22. The fourth-order valence-electron chi connectivity index (χ4n) is 2.06. The van der Waals surface area contributed by atoms with Crippen molar-refractivity contribution in [2.45, 2.75) is 20.5 Å². The van der Waals surface area contributed by atoms with Crippen LogP contribution in [-0.4, -0.2) is 13.2 Å². The molecule has 0 radical (unpaired) electrons. The summed E-state index contributed by atoms with van der Waals surface area (Å²) in [7, 11) is 0. The molecule has 106 valence electrons. The molecule has 2 N–H and O–H groups in total. The van der Waals surface area contributed by atoms with Crippen LogP contribution in [0.25, 0.3) is 0 Å². The van der Waals surface area contributed by atoms with Crippen LogP contribution >= 0.6 is 0 Å². The Balaban J connectivity index is 2.03. The number of benzene rings is 2. The predicted molar refractivity (Wildman–Crippen MR) is 81.2 cm³/mol. The first-order valence-corrected chi connectivity index (χ1v) is 6.81. The molecule has 0 heterocycles. The zero-order chi connectivity index (χ0) is 14.4. The van der Waals surface area contributed by atoms with Gasteiger partial charge in [0.2, 0.25) is 0 Å². The van der Waals surface area contributed by atoms with E-state index >= 15 is 0 Å². The molecular weight excluding hydrogens is 250 g/mol. The molecule has 0 saturated carbocycles. The van der Waals surface area contributed by atoms with E-state index in [9.17, 15) is 0 Å². The Labute approximate surface area is 120 Å². The number of ether oxygens (including phenoxy) is 2. The van der Waals surface area contributed by atoms with Crippen molar-refractivity contribution < 1.29 is 9.47 Å². The second-order valence-electron chi connectivity index (χ2n) is 4.77. The lowest BCUT2D eigenvalue weighted by Crippen LogP contribution is -2.10. The van der Waals surface area contributed by atoms with Gasteiger partial charge in [0.05, 0.1) is 0 Å². The minimum atomic E-state index is 0.507. The highest BCUT2D eigenvalue weighted by Crippen LogP contribution is 2.22. The van der Waals surface area contributed by atoms with Crippen LogP contribution in [0.15, 0.2) is 42.5 Å². The van der Waals surface area contributed by atoms with Gasteiger partial charge in [-0.05, 0) is 42.7 Å². The van der Waals surface area contributed by atoms with Gasteiger partial charge in [-0.3, -0.25) is 0 Å². The highest BCUT2D eigenvalue weighted by Gasteiger charge is 2.04. The van der Waals surface area contributed by atoms with Gasteiger partial charge in [-0.1, -0.05) is 24.3 Å². The first-order chi connectivity index (χ1) is 9.70. The van der Waals surface area contributed by atoms with Crippen LogP contribution in [0.1, 0.15) is 16.7 Å². The molecule has 0 aromatic heterocycles. The minimum Gasteiger partial charge on any atom is -0.492 e. The van der Waals surface area contributed by atoms with E-state index in [1.807, 2.05) is 24.3 Å². The molecule has 0 aliphatic rings. The SMILES string of the molecule is Cc1cccc(C)c1COc1cccc(OCCN)c1. The zero-order valence-electron chi connectivity index (χ0n) is 12.1. The molecule has 3 heteroatoms. The van der Waals surface area contributed by atoms with Crippen molar-refractivity contribution in [3.05, 3.63) is 59.2 Å². The summed E-state index contributed by atoms with van der Waals surface area (Å²) >= 11 is 0. The lowest BCUT2D eigenvalue weighted by molar-refractivity contribution is 0.296. The van der Waals surface area contributed by atoms with Crippen LogP contribution in [-0.2, 0) is 6.61 Å². The molecule has 2 aromatic rings. The summed E-state index contributed by atoms with van der Waals surface area (Å²) < 4.78 is 11.4. The minimum absolute atomic E-state index is 0.507. The Kier molecular flexibility index (Phi) is 5.02. The number of hydrogen-bond acceptors (Lipinski definition) is 3. The van der Waals surface area contributed by atoms with Gasteiger partial charge in [-0.25, -0.2) is 0 Å². The molecule has 0 amide bonds. The molecule has 0 bridgehead atoms. The lowest BCUT2D eigenvalue weighted by Gasteiger charge is -2.12. The molecule has 0 atom stereocenters. The first kappa shape index (κ1) is 14.4. The van der Waals surface area contributed by atoms with Gasteiger partial charge >= 0.3 is 0 Å². The number of hydrogen-bond donors (Lipinski definition) is 1. The summed E-state index contributed by atoms with van der Waals surface area (Å²) in [5, 5.41) is 0. The highest BCUT2D eigenvalue weighted by atomic mass is 16.5. The fourth-order valence-corrected chi connectivity index (χ4v) is 2.06. The van der Waals surface area contributed by atoms with E-state index < -0.39 is 0 Å². The van der Waals surface area contributed by atoms with E-state index in [1.165, 1.54) is 16.7 Å². The standard InChI is InChI=1S/C17H21NO2/c1-13-5-3-6-14(2)17(13)12-20-16-8-4-7-15(11-16)19-10-9-18/h3-8,11H,9-10,12,18H2,1-2H3. The van der Waals surface area contributed by atoms with Crippen molar-refractivity contribution in [1.29, 1.82) is 0 Å². The molecule has 0 spiro atoms. The molecular formula is C17H21NO2. The molecule has 20 heavy (non-hydrogen) atoms. The van der Waals surface area contributed by atoms with Gasteiger partial charge < -0.3 is 15.2 Å². The maximum Gasteiger partial charge on any atom is 0.123 e. The van der Waals surface area contributed by atoms with Gasteiger partial charge in [-0.15, -0.1) is 0 Å². The second-order valence-corrected chi connectivity index (χ2v) is 4.77. The van der Waals surface area contributed by atoms with E-state index in [1.54, 1.807) is 0 Å². The van der Waals surface area contributed by atoms with E-state index in [0.29, 0.717) is 19.8 Å². The van der Waals surface area contributed by atoms with Crippen molar-refractivity contribution in [2.75, 3.05) is 13.2 Å². The van der Waals surface area contributed by atoms with Gasteiger partial charge in [0.25, 0.3) is 0 Å². The van der Waals surface area contributed by atoms with Crippen LogP contribution in [0, 0.1) is 13.8 Å². The Bertz CT molecular complexity index is 546. The van der Waals surface area contributed by atoms with Gasteiger partial charge in [0.1, 0.15) is 24.7 Å². The summed E-state index contributed by atoms with van der Waals surface area (Å²) in [5.74, 6) is 1.59. The van der Waals surface area contributed by atoms with Crippen LogP contribution in [0.5, 0.6) is 11.5 Å². The monoisotopic (exact) mass is 271 g/mol. The summed E-state index contributed by atoms with van der Waals surface area (Å²) in [6.07, 6.45) is 0. The Morgan fingerprint density at radius 2 is 1.50 bits per heavy atom. The largest absolute Gasteiger partial charge is 0.492 e. The van der Waals surface area contributed by atoms with Gasteiger partial charge in [0, 0.05) is 12.6 Å². The quantitative estimate of drug-likeness (QED) is 0.877. The molecule has 0 aliphatic heterocycles. The summed E-state index contributed by atoms with van der Waals surface area (Å²) in [5.41, 5.74) is 9.16. The summed E-state index contributed by atoms with van der Waals surface area (Å²) in [6, 6.07) is 13.9. The first-order valence-electron chi connectivity index (χ1n) is 6.81. The molecule has 0 saturated heterocycles. The molecule has 0 unspecified atom stereocenters. The second kappa shape index (κ2) is 6.96. The summed E-state index contributed by atoms with van der Waals surface area (Å²) in [4.78, 5) is 0. The fraction of sp³-hybridized carbons (Fsp3) is 0.294. The van der Waals surface area contributed by atoms with Gasteiger partial charge in [-0.2, -0.15) is 0 Å². The van der Waals surface area contributed by atoms with Crippen molar-refractivity contribution in [3.8, 4) is 11.5 Å². The molecule has 2 aromatic carbocycles. The lowest BCUT2D eigenvalue weighted by atomic mass is 10.0. The Morgan fingerprint density at radius 3 is 2.15 bits per heavy atom. The molecule has 0 aliphatic carbocycles. The number of aryl methyl sites for hydroxylation is 2. The topological polar surface area (TPSA) is 44.5 Å². The van der Waals surface area contributed by atoms with Crippen LogP contribution in [0.3, 0.4) is 0 Å². The average molecular weight is 271 g/mol. The van der Waals surface area contributed by atoms with Crippen LogP contribution < -0.4 is 15.2 Å². The predicted octanol–water partition coefficient (Wildman–Crippen LogP) is 3.22. The Hall–Kier alpha value is -2.00. The van der Waals surface area contributed by atoms with Crippen molar-refractivity contribution >= 4 is 0 Å². The number of rotatable bonds is 6.